The van der Waals surface area contributed by atoms with Crippen LogP contribution in [0.3, 0.4) is 0 Å². The molecule has 0 spiro atoms. The van der Waals surface area contributed by atoms with Gasteiger partial charge in [0.25, 0.3) is 0 Å². The molecule has 3 nitrogen and oxygen atoms in total. The molecule has 0 aliphatic heterocycles. The maximum Gasteiger partial charge on any atom is 0.140 e. The molecular formula is C17H22O3. The summed E-state index contributed by atoms with van der Waals surface area (Å²) < 4.78 is 11.5. The fourth-order valence-electron chi connectivity index (χ4n) is 3.32. The summed E-state index contributed by atoms with van der Waals surface area (Å²) in [5.41, 5.74) is 1.53. The minimum Gasteiger partial charge on any atom is -0.458 e. The molecule has 1 aromatic carbocycles. The number of hydrogen-bond donors (Lipinski definition) is 1. The molecule has 1 atom stereocenters. The number of aliphatic hydroxyl groups is 1. The van der Waals surface area contributed by atoms with Crippen molar-refractivity contribution in [3.05, 3.63) is 35.6 Å². The first-order valence-corrected chi connectivity index (χ1v) is 7.38. The van der Waals surface area contributed by atoms with Crippen molar-refractivity contribution in [3.8, 4) is 0 Å². The highest BCUT2D eigenvalue weighted by molar-refractivity contribution is 5.78. The highest BCUT2D eigenvalue weighted by atomic mass is 16.5. The molecule has 3 rings (SSSR count). The van der Waals surface area contributed by atoms with Crippen molar-refractivity contribution in [2.75, 3.05) is 7.11 Å². The average Bonchev–Trinajstić information content (AvgIpc) is 2.90. The molecule has 3 heteroatoms. The van der Waals surface area contributed by atoms with Gasteiger partial charge in [0.1, 0.15) is 23.0 Å². The molecule has 0 bridgehead atoms. The van der Waals surface area contributed by atoms with Crippen molar-refractivity contribution in [1.29, 1.82) is 0 Å². The molecule has 1 unspecified atom stereocenters. The number of benzene rings is 1. The first kappa shape index (κ1) is 13.7. The summed E-state index contributed by atoms with van der Waals surface area (Å²) >= 11 is 0. The van der Waals surface area contributed by atoms with Crippen LogP contribution >= 0.6 is 0 Å². The Morgan fingerprint density at radius 1 is 1.20 bits per heavy atom. The molecule has 0 amide bonds. The van der Waals surface area contributed by atoms with Crippen LogP contribution in [-0.2, 0) is 4.74 Å². The van der Waals surface area contributed by atoms with Crippen molar-refractivity contribution in [2.45, 2.75) is 50.7 Å². The lowest BCUT2D eigenvalue weighted by Crippen LogP contribution is -2.40. The number of aryl methyl sites for hydroxylation is 1. The third-order valence-corrected chi connectivity index (χ3v) is 4.57. The van der Waals surface area contributed by atoms with Crippen LogP contribution in [0.5, 0.6) is 0 Å². The fourth-order valence-corrected chi connectivity index (χ4v) is 3.32. The number of furan rings is 1. The Labute approximate surface area is 119 Å². The van der Waals surface area contributed by atoms with E-state index in [0.29, 0.717) is 5.76 Å². The highest BCUT2D eigenvalue weighted by Crippen LogP contribution is 2.42. The fraction of sp³-hybridized carbons (Fsp3) is 0.529. The standard InChI is InChI=1S/C17H22O3/c1-12-6-7-14-13(10-12)11-15(20-14)16(18)17(19-2)8-4-3-5-9-17/h6-7,10-11,16,18H,3-5,8-9H2,1-2H3. The second-order valence-electron chi connectivity index (χ2n) is 5.92. The lowest BCUT2D eigenvalue weighted by molar-refractivity contribution is -0.131. The predicted molar refractivity (Wildman–Crippen MR) is 78.7 cm³/mol. The van der Waals surface area contributed by atoms with E-state index in [0.717, 1.165) is 36.7 Å². The quantitative estimate of drug-likeness (QED) is 0.915. The van der Waals surface area contributed by atoms with E-state index >= 15 is 0 Å². The van der Waals surface area contributed by atoms with Gasteiger partial charge in [-0.2, -0.15) is 0 Å². The first-order chi connectivity index (χ1) is 9.64. The Kier molecular flexibility index (Phi) is 3.57. The van der Waals surface area contributed by atoms with E-state index < -0.39 is 11.7 Å². The van der Waals surface area contributed by atoms with Gasteiger partial charge < -0.3 is 14.3 Å². The molecule has 0 radical (unpaired) electrons. The molecule has 1 fully saturated rings. The molecule has 0 saturated heterocycles. The zero-order valence-electron chi connectivity index (χ0n) is 12.2. The summed E-state index contributed by atoms with van der Waals surface area (Å²) in [4.78, 5) is 0. The van der Waals surface area contributed by atoms with Crippen molar-refractivity contribution in [1.82, 2.24) is 0 Å². The van der Waals surface area contributed by atoms with Gasteiger partial charge in [0.05, 0.1) is 0 Å². The van der Waals surface area contributed by atoms with Gasteiger partial charge in [0.15, 0.2) is 0 Å². The van der Waals surface area contributed by atoms with E-state index in [1.165, 1.54) is 12.0 Å². The summed E-state index contributed by atoms with van der Waals surface area (Å²) in [6.07, 6.45) is 4.51. The molecule has 20 heavy (non-hydrogen) atoms. The van der Waals surface area contributed by atoms with Gasteiger partial charge in [-0.05, 0) is 38.0 Å². The van der Waals surface area contributed by atoms with Gasteiger partial charge in [0, 0.05) is 12.5 Å². The Morgan fingerprint density at radius 3 is 2.65 bits per heavy atom. The minimum atomic E-state index is -0.694. The average molecular weight is 274 g/mol. The molecular weight excluding hydrogens is 252 g/mol. The van der Waals surface area contributed by atoms with Gasteiger partial charge in [-0.3, -0.25) is 0 Å². The van der Waals surface area contributed by atoms with Crippen molar-refractivity contribution in [3.63, 3.8) is 0 Å². The lowest BCUT2D eigenvalue weighted by atomic mass is 9.79. The number of ether oxygens (including phenoxy) is 1. The maximum absolute atomic E-state index is 10.7. The molecule has 1 aliphatic carbocycles. The van der Waals surface area contributed by atoms with Crippen LogP contribution in [-0.4, -0.2) is 17.8 Å². The molecule has 2 aromatic rings. The first-order valence-electron chi connectivity index (χ1n) is 7.38. The van der Waals surface area contributed by atoms with E-state index in [1.54, 1.807) is 7.11 Å². The molecule has 1 N–H and O–H groups in total. The number of hydrogen-bond acceptors (Lipinski definition) is 3. The van der Waals surface area contributed by atoms with Crippen LogP contribution in [0.1, 0.15) is 49.5 Å². The van der Waals surface area contributed by atoms with Crippen LogP contribution in [0.25, 0.3) is 11.0 Å². The molecule has 1 aliphatic rings. The summed E-state index contributed by atoms with van der Waals surface area (Å²) in [6, 6.07) is 8.01. The van der Waals surface area contributed by atoms with Gasteiger partial charge >= 0.3 is 0 Å². The summed E-state index contributed by atoms with van der Waals surface area (Å²) in [5, 5.41) is 11.8. The number of methoxy groups -OCH3 is 1. The normalized spacial score (nSPS) is 20.1. The molecule has 1 heterocycles. The predicted octanol–water partition coefficient (Wildman–Crippen LogP) is 4.12. The van der Waals surface area contributed by atoms with Crippen molar-refractivity contribution >= 4 is 11.0 Å². The van der Waals surface area contributed by atoms with Gasteiger partial charge in [-0.1, -0.05) is 30.9 Å². The third kappa shape index (κ3) is 2.25. The van der Waals surface area contributed by atoms with E-state index in [9.17, 15) is 5.11 Å². The van der Waals surface area contributed by atoms with E-state index in [-0.39, 0.29) is 0 Å². The maximum atomic E-state index is 10.7. The van der Waals surface area contributed by atoms with Crippen LogP contribution in [0.15, 0.2) is 28.7 Å². The van der Waals surface area contributed by atoms with Crippen LogP contribution in [0, 0.1) is 6.92 Å². The van der Waals surface area contributed by atoms with Crippen molar-refractivity contribution in [2.24, 2.45) is 0 Å². The summed E-state index contributed by atoms with van der Waals surface area (Å²) in [7, 11) is 1.70. The Morgan fingerprint density at radius 2 is 1.95 bits per heavy atom. The second-order valence-corrected chi connectivity index (χ2v) is 5.92. The van der Waals surface area contributed by atoms with E-state index in [1.807, 2.05) is 18.2 Å². The zero-order valence-corrected chi connectivity index (χ0v) is 12.2. The summed E-state index contributed by atoms with van der Waals surface area (Å²) in [6.45, 7) is 2.06. The van der Waals surface area contributed by atoms with Gasteiger partial charge in [-0.15, -0.1) is 0 Å². The number of fused-ring (bicyclic) bond motifs is 1. The smallest absolute Gasteiger partial charge is 0.140 e. The van der Waals surface area contributed by atoms with E-state index in [4.69, 9.17) is 9.15 Å². The number of aliphatic hydroxyl groups excluding tert-OH is 1. The van der Waals surface area contributed by atoms with Crippen LogP contribution < -0.4 is 0 Å². The minimum absolute atomic E-state index is 0.485. The lowest BCUT2D eigenvalue weighted by Gasteiger charge is -2.38. The van der Waals surface area contributed by atoms with Crippen LogP contribution in [0.2, 0.25) is 0 Å². The van der Waals surface area contributed by atoms with Crippen LogP contribution in [0.4, 0.5) is 0 Å². The SMILES string of the molecule is COC1(C(O)c2cc3cc(C)ccc3o2)CCCCC1. The number of rotatable bonds is 3. The topological polar surface area (TPSA) is 42.6 Å². The van der Waals surface area contributed by atoms with E-state index in [2.05, 4.69) is 13.0 Å². The van der Waals surface area contributed by atoms with Gasteiger partial charge in [-0.25, -0.2) is 0 Å². The summed E-state index contributed by atoms with van der Waals surface area (Å²) in [5.74, 6) is 0.620. The van der Waals surface area contributed by atoms with Gasteiger partial charge in [0.2, 0.25) is 0 Å². The largest absolute Gasteiger partial charge is 0.458 e. The monoisotopic (exact) mass is 274 g/mol. The molecule has 1 saturated carbocycles. The Hall–Kier alpha value is -1.32. The second kappa shape index (κ2) is 5.23. The third-order valence-electron chi connectivity index (χ3n) is 4.57. The Balaban J connectivity index is 1.96. The molecule has 108 valence electrons. The highest BCUT2D eigenvalue weighted by Gasteiger charge is 2.41. The molecule has 1 aromatic heterocycles. The van der Waals surface area contributed by atoms with Crippen molar-refractivity contribution < 1.29 is 14.3 Å². The Bertz CT molecular complexity index is 593. The zero-order chi connectivity index (χ0) is 14.2.